The van der Waals surface area contributed by atoms with E-state index in [9.17, 15) is 0 Å². The molecule has 2 aromatic carbocycles. The monoisotopic (exact) mass is 493 g/mol. The number of guanidine groups is 1. The summed E-state index contributed by atoms with van der Waals surface area (Å²) in [5.41, 5.74) is 2.17. The van der Waals surface area contributed by atoms with Crippen LogP contribution in [-0.2, 0) is 13.1 Å². The van der Waals surface area contributed by atoms with Gasteiger partial charge in [0.05, 0.1) is 6.54 Å². The highest BCUT2D eigenvalue weighted by Crippen LogP contribution is 2.26. The predicted molar refractivity (Wildman–Crippen MR) is 119 cm³/mol. The van der Waals surface area contributed by atoms with Gasteiger partial charge in [-0.1, -0.05) is 35.5 Å². The number of rotatable bonds is 6. The number of nitrogens with one attached hydrogen (secondary N) is 2. The number of aliphatic imine (C=N–C) groups is 1. The van der Waals surface area contributed by atoms with Crippen LogP contribution in [-0.4, -0.2) is 23.1 Å². The molecule has 0 atom stereocenters. The molecule has 8 heteroatoms. The van der Waals surface area contributed by atoms with Gasteiger partial charge < -0.3 is 19.9 Å². The summed E-state index contributed by atoms with van der Waals surface area (Å²) in [5, 5.41) is 10.3. The topological polar surface area (TPSA) is 84.6 Å². The second-order valence-electron chi connectivity index (χ2n) is 6.04. The van der Waals surface area contributed by atoms with Crippen LogP contribution in [0, 0.1) is 13.8 Å². The molecule has 1 heterocycles. The summed E-state index contributed by atoms with van der Waals surface area (Å²) < 4.78 is 11.0. The van der Waals surface area contributed by atoms with Gasteiger partial charge >= 0.3 is 0 Å². The summed E-state index contributed by atoms with van der Waals surface area (Å²) in [4.78, 5) is 8.39. The highest BCUT2D eigenvalue weighted by Gasteiger charge is 2.08. The molecule has 0 spiro atoms. The maximum Gasteiger partial charge on any atom is 0.223 e. The van der Waals surface area contributed by atoms with Crippen LogP contribution in [0.3, 0.4) is 0 Å². The summed E-state index contributed by atoms with van der Waals surface area (Å²) >= 11 is 0. The van der Waals surface area contributed by atoms with Crippen molar-refractivity contribution in [1.82, 2.24) is 20.8 Å². The number of nitrogens with zero attached hydrogens (tertiary/aromatic N) is 3. The van der Waals surface area contributed by atoms with Crippen LogP contribution in [0.2, 0.25) is 0 Å². The molecule has 0 amide bonds. The molecule has 148 valence electrons. The molecule has 0 saturated carbocycles. The Morgan fingerprint density at radius 1 is 1.07 bits per heavy atom. The van der Waals surface area contributed by atoms with Crippen LogP contribution in [0.15, 0.2) is 58.0 Å². The Bertz CT molecular complexity index is 912. The molecule has 1 aromatic heterocycles. The van der Waals surface area contributed by atoms with E-state index < -0.39 is 0 Å². The molecule has 3 aromatic rings. The Morgan fingerprint density at radius 2 is 1.82 bits per heavy atom. The minimum atomic E-state index is 0. The van der Waals surface area contributed by atoms with E-state index in [1.807, 2.05) is 43.3 Å². The molecule has 0 fully saturated rings. The average Bonchev–Trinajstić information content (AvgIpc) is 3.09. The van der Waals surface area contributed by atoms with Crippen molar-refractivity contribution in [3.63, 3.8) is 0 Å². The van der Waals surface area contributed by atoms with Gasteiger partial charge in [0.2, 0.25) is 5.89 Å². The molecular weight excluding hydrogens is 469 g/mol. The molecule has 0 radical (unpaired) electrons. The lowest BCUT2D eigenvalue weighted by Crippen LogP contribution is -2.36. The Balaban J connectivity index is 0.00000280. The molecular formula is C20H24IN5O2. The normalized spacial score (nSPS) is 10.9. The van der Waals surface area contributed by atoms with Gasteiger partial charge in [-0.2, -0.15) is 4.98 Å². The van der Waals surface area contributed by atoms with Crippen molar-refractivity contribution in [3.05, 3.63) is 71.4 Å². The van der Waals surface area contributed by atoms with Crippen LogP contribution < -0.4 is 15.4 Å². The smallest absolute Gasteiger partial charge is 0.223 e. The lowest BCUT2D eigenvalue weighted by Gasteiger charge is -2.15. The van der Waals surface area contributed by atoms with E-state index >= 15 is 0 Å². The van der Waals surface area contributed by atoms with Crippen molar-refractivity contribution in [3.8, 4) is 11.5 Å². The Labute approximate surface area is 181 Å². The maximum atomic E-state index is 6.06. The number of hydrogen-bond acceptors (Lipinski definition) is 5. The molecule has 0 unspecified atom stereocenters. The molecule has 28 heavy (non-hydrogen) atoms. The molecule has 0 aliphatic carbocycles. The van der Waals surface area contributed by atoms with Crippen molar-refractivity contribution in [1.29, 1.82) is 0 Å². The minimum Gasteiger partial charge on any atom is -0.457 e. The fourth-order valence-electron chi connectivity index (χ4n) is 2.49. The third-order valence-electron chi connectivity index (χ3n) is 3.85. The van der Waals surface area contributed by atoms with Gasteiger partial charge in [0, 0.05) is 26.1 Å². The van der Waals surface area contributed by atoms with E-state index in [1.165, 1.54) is 0 Å². The minimum absolute atomic E-state index is 0. The summed E-state index contributed by atoms with van der Waals surface area (Å²) in [6.45, 7) is 4.79. The highest BCUT2D eigenvalue weighted by molar-refractivity contribution is 14.0. The maximum absolute atomic E-state index is 6.06. The highest BCUT2D eigenvalue weighted by atomic mass is 127. The second kappa shape index (κ2) is 10.6. The molecule has 7 nitrogen and oxygen atoms in total. The number of para-hydroxylation sites is 1. The largest absolute Gasteiger partial charge is 0.457 e. The van der Waals surface area contributed by atoms with Crippen LogP contribution in [0.25, 0.3) is 0 Å². The van der Waals surface area contributed by atoms with E-state index in [-0.39, 0.29) is 24.0 Å². The van der Waals surface area contributed by atoms with Crippen LogP contribution in [0.1, 0.15) is 22.8 Å². The quantitative estimate of drug-likeness (QED) is 0.307. The van der Waals surface area contributed by atoms with Crippen molar-refractivity contribution in [2.45, 2.75) is 26.9 Å². The predicted octanol–water partition coefficient (Wildman–Crippen LogP) is 3.96. The number of aromatic nitrogens is 2. The first kappa shape index (κ1) is 21.7. The zero-order valence-corrected chi connectivity index (χ0v) is 18.4. The van der Waals surface area contributed by atoms with E-state index in [0.29, 0.717) is 30.8 Å². The molecule has 0 bridgehead atoms. The lowest BCUT2D eigenvalue weighted by molar-refractivity contribution is 0.387. The van der Waals surface area contributed by atoms with Crippen LogP contribution >= 0.6 is 24.0 Å². The zero-order chi connectivity index (χ0) is 19.1. The lowest BCUT2D eigenvalue weighted by atomic mass is 10.1. The number of ether oxygens (including phenoxy) is 1. The Morgan fingerprint density at radius 3 is 2.50 bits per heavy atom. The van der Waals surface area contributed by atoms with Crippen LogP contribution in [0.4, 0.5) is 0 Å². The summed E-state index contributed by atoms with van der Waals surface area (Å²) in [6, 6.07) is 15.9. The first-order valence-electron chi connectivity index (χ1n) is 8.70. The van der Waals surface area contributed by atoms with E-state index in [4.69, 9.17) is 9.26 Å². The number of halogens is 1. The van der Waals surface area contributed by atoms with Gasteiger partial charge in [0.1, 0.15) is 11.5 Å². The molecule has 0 aliphatic heterocycles. The Hall–Kier alpha value is -2.62. The van der Waals surface area contributed by atoms with Gasteiger partial charge in [-0.3, -0.25) is 4.99 Å². The van der Waals surface area contributed by atoms with Gasteiger partial charge in [-0.05, 0) is 30.7 Å². The standard InChI is InChI=1S/C20H23N5O2.HI/c1-14-9-10-16(18(11-14)26-17-7-5-4-6-8-17)12-22-20(21-3)23-13-19-24-15(2)27-25-19;/h4-11H,12-13H2,1-3H3,(H2,21,22,23);1H. The summed E-state index contributed by atoms with van der Waals surface area (Å²) in [5.74, 6) is 3.39. The van der Waals surface area contributed by atoms with E-state index in [1.54, 1.807) is 14.0 Å². The van der Waals surface area contributed by atoms with Gasteiger partial charge in [0.25, 0.3) is 0 Å². The van der Waals surface area contributed by atoms with Crippen molar-refractivity contribution < 1.29 is 9.26 Å². The first-order valence-corrected chi connectivity index (χ1v) is 8.70. The molecule has 0 saturated heterocycles. The molecule has 3 rings (SSSR count). The van der Waals surface area contributed by atoms with Gasteiger partial charge in [0.15, 0.2) is 11.8 Å². The number of aryl methyl sites for hydroxylation is 2. The van der Waals surface area contributed by atoms with Crippen molar-refractivity contribution >= 4 is 29.9 Å². The van der Waals surface area contributed by atoms with Crippen molar-refractivity contribution in [2.75, 3.05) is 7.05 Å². The number of hydrogen-bond donors (Lipinski definition) is 2. The third kappa shape index (κ3) is 6.22. The molecule has 0 aliphatic rings. The fourth-order valence-corrected chi connectivity index (χ4v) is 2.49. The molecule has 2 N–H and O–H groups in total. The second-order valence-corrected chi connectivity index (χ2v) is 6.04. The fraction of sp³-hybridized carbons (Fsp3) is 0.250. The van der Waals surface area contributed by atoms with Gasteiger partial charge in [-0.25, -0.2) is 0 Å². The summed E-state index contributed by atoms with van der Waals surface area (Å²) in [6.07, 6.45) is 0. The van der Waals surface area contributed by atoms with Gasteiger partial charge in [-0.15, -0.1) is 24.0 Å². The first-order chi connectivity index (χ1) is 13.1. The SMILES string of the molecule is CN=C(NCc1noc(C)n1)NCc1ccc(C)cc1Oc1ccccc1.I. The zero-order valence-electron chi connectivity index (χ0n) is 16.1. The summed E-state index contributed by atoms with van der Waals surface area (Å²) in [7, 11) is 1.72. The Kier molecular flexibility index (Phi) is 8.24. The van der Waals surface area contributed by atoms with E-state index in [0.717, 1.165) is 22.6 Å². The van der Waals surface area contributed by atoms with Crippen molar-refractivity contribution in [2.24, 2.45) is 4.99 Å². The third-order valence-corrected chi connectivity index (χ3v) is 3.85. The van der Waals surface area contributed by atoms with Crippen LogP contribution in [0.5, 0.6) is 11.5 Å². The van der Waals surface area contributed by atoms with E-state index in [2.05, 4.69) is 37.9 Å². The number of benzene rings is 2. The average molecular weight is 493 g/mol.